The van der Waals surface area contributed by atoms with E-state index in [1.54, 1.807) is 0 Å². The van der Waals surface area contributed by atoms with Gasteiger partial charge in [-0.3, -0.25) is 4.79 Å². The molecule has 30 heavy (non-hydrogen) atoms. The van der Waals surface area contributed by atoms with Crippen LogP contribution in [0.1, 0.15) is 42.4 Å². The van der Waals surface area contributed by atoms with E-state index in [2.05, 4.69) is 52.1 Å². The Balaban J connectivity index is 1.68. The molecule has 0 radical (unpaired) electrons. The number of aryl methyl sites for hydroxylation is 2. The minimum absolute atomic E-state index is 0.102. The van der Waals surface area contributed by atoms with Crippen LogP contribution >= 0.6 is 23.4 Å². The number of nitrogens with one attached hydrogen (secondary N) is 2. The zero-order valence-electron chi connectivity index (χ0n) is 17.1. The molecule has 0 saturated carbocycles. The molecule has 6 nitrogen and oxygen atoms in total. The van der Waals surface area contributed by atoms with E-state index >= 15 is 0 Å². The minimum atomic E-state index is -0.419. The van der Waals surface area contributed by atoms with Crippen molar-refractivity contribution in [1.29, 1.82) is 0 Å². The fraction of sp³-hybridized carbons (Fsp3) is 0.318. The average Bonchev–Trinajstić information content (AvgIpc) is 3.18. The van der Waals surface area contributed by atoms with Crippen molar-refractivity contribution in [3.05, 3.63) is 70.0 Å². The van der Waals surface area contributed by atoms with Gasteiger partial charge in [0.15, 0.2) is 5.82 Å². The summed E-state index contributed by atoms with van der Waals surface area (Å²) in [4.78, 5) is 13.4. The standard InChI is InChI=1S/C22H24ClN5OS/c1-4-14-9-11-15(12-10-14)19-20(30-22-26-25-18(5-2)28(22)27-19)21(29)24-17-8-6-7-16(23)13(17)3/h6-12,19-20,27H,4-5H2,1-3H3,(H,24,29)/t19-,20-/m0/s1. The van der Waals surface area contributed by atoms with Crippen LogP contribution in [-0.2, 0) is 17.6 Å². The van der Waals surface area contributed by atoms with Crippen LogP contribution in [0.5, 0.6) is 0 Å². The normalized spacial score (nSPS) is 17.9. The van der Waals surface area contributed by atoms with Crippen molar-refractivity contribution in [2.75, 3.05) is 10.7 Å². The van der Waals surface area contributed by atoms with Gasteiger partial charge in [-0.15, -0.1) is 10.2 Å². The molecule has 1 aromatic heterocycles. The molecule has 0 bridgehead atoms. The second kappa shape index (κ2) is 8.70. The lowest BCUT2D eigenvalue weighted by atomic mass is 10.0. The number of halogens is 1. The van der Waals surface area contributed by atoms with Crippen LogP contribution in [0.3, 0.4) is 0 Å². The van der Waals surface area contributed by atoms with Crippen LogP contribution in [-0.4, -0.2) is 26.0 Å². The van der Waals surface area contributed by atoms with E-state index in [1.165, 1.54) is 17.3 Å². The van der Waals surface area contributed by atoms with Gasteiger partial charge in [-0.05, 0) is 42.2 Å². The van der Waals surface area contributed by atoms with Crippen molar-refractivity contribution >= 4 is 35.0 Å². The van der Waals surface area contributed by atoms with Crippen molar-refractivity contribution < 1.29 is 4.79 Å². The van der Waals surface area contributed by atoms with E-state index in [1.807, 2.05) is 36.7 Å². The molecule has 1 aliphatic rings. The maximum atomic E-state index is 13.4. The van der Waals surface area contributed by atoms with Gasteiger partial charge in [0, 0.05) is 17.1 Å². The summed E-state index contributed by atoms with van der Waals surface area (Å²) < 4.78 is 1.90. The molecule has 0 fully saturated rings. The van der Waals surface area contributed by atoms with Gasteiger partial charge in [-0.1, -0.05) is 67.5 Å². The number of hydrogen-bond acceptors (Lipinski definition) is 5. The molecule has 156 valence electrons. The first-order valence-corrected chi connectivity index (χ1v) is 11.3. The van der Waals surface area contributed by atoms with E-state index in [0.717, 1.165) is 35.5 Å². The summed E-state index contributed by atoms with van der Waals surface area (Å²) in [5, 5.41) is 12.5. The van der Waals surface area contributed by atoms with Crippen molar-refractivity contribution in [2.45, 2.75) is 50.1 Å². The Kier molecular flexibility index (Phi) is 6.01. The second-order valence-electron chi connectivity index (χ2n) is 7.23. The Bertz CT molecular complexity index is 1070. The topological polar surface area (TPSA) is 71.8 Å². The predicted octanol–water partition coefficient (Wildman–Crippen LogP) is 4.76. The molecule has 1 aliphatic heterocycles. The summed E-state index contributed by atoms with van der Waals surface area (Å²) in [6, 6.07) is 13.7. The maximum Gasteiger partial charge on any atom is 0.240 e. The number of nitrogens with zero attached hydrogens (tertiary/aromatic N) is 3. The third-order valence-electron chi connectivity index (χ3n) is 5.35. The first kappa shape index (κ1) is 20.8. The smallest absolute Gasteiger partial charge is 0.240 e. The summed E-state index contributed by atoms with van der Waals surface area (Å²) in [7, 11) is 0. The number of carbonyl (C=O) groups is 1. The summed E-state index contributed by atoms with van der Waals surface area (Å²) >= 11 is 7.66. The zero-order chi connectivity index (χ0) is 21.3. The summed E-state index contributed by atoms with van der Waals surface area (Å²) in [5.74, 6) is 0.743. The molecule has 2 aromatic carbocycles. The Morgan fingerprint density at radius 1 is 1.17 bits per heavy atom. The number of carbonyl (C=O) groups excluding carboxylic acids is 1. The van der Waals surface area contributed by atoms with Gasteiger partial charge in [-0.2, -0.15) is 0 Å². The van der Waals surface area contributed by atoms with Crippen LogP contribution in [0.4, 0.5) is 5.69 Å². The maximum absolute atomic E-state index is 13.4. The number of rotatable bonds is 5. The SMILES string of the molecule is CCc1ccc([C@@H]2Nn3c(CC)nnc3S[C@@H]2C(=O)Nc2cccc(Cl)c2C)cc1. The van der Waals surface area contributed by atoms with Crippen LogP contribution < -0.4 is 10.7 Å². The van der Waals surface area contributed by atoms with Crippen molar-refractivity contribution in [3.63, 3.8) is 0 Å². The van der Waals surface area contributed by atoms with Crippen LogP contribution in [0.15, 0.2) is 47.6 Å². The molecule has 4 rings (SSSR count). The van der Waals surface area contributed by atoms with E-state index in [-0.39, 0.29) is 11.9 Å². The van der Waals surface area contributed by atoms with Gasteiger partial charge in [-0.25, -0.2) is 4.68 Å². The molecule has 0 aliphatic carbocycles. The van der Waals surface area contributed by atoms with Gasteiger partial charge in [0.25, 0.3) is 0 Å². The lowest BCUT2D eigenvalue weighted by Gasteiger charge is -2.33. The van der Waals surface area contributed by atoms with Gasteiger partial charge < -0.3 is 10.7 Å². The average molecular weight is 442 g/mol. The number of amides is 1. The highest BCUT2D eigenvalue weighted by atomic mass is 35.5. The molecule has 2 N–H and O–H groups in total. The molecule has 8 heteroatoms. The fourth-order valence-corrected chi connectivity index (χ4v) is 4.76. The Morgan fingerprint density at radius 3 is 2.63 bits per heavy atom. The van der Waals surface area contributed by atoms with E-state index < -0.39 is 5.25 Å². The van der Waals surface area contributed by atoms with Crippen LogP contribution in [0.2, 0.25) is 5.02 Å². The highest BCUT2D eigenvalue weighted by Gasteiger charge is 2.37. The number of hydrogen-bond donors (Lipinski definition) is 2. The van der Waals surface area contributed by atoms with Crippen molar-refractivity contribution in [3.8, 4) is 0 Å². The minimum Gasteiger partial charge on any atom is -0.325 e. The molecule has 3 aromatic rings. The Hall–Kier alpha value is -2.51. The van der Waals surface area contributed by atoms with Gasteiger partial charge in [0.2, 0.25) is 11.1 Å². The first-order chi connectivity index (χ1) is 14.5. The zero-order valence-corrected chi connectivity index (χ0v) is 18.7. The van der Waals surface area contributed by atoms with Crippen molar-refractivity contribution in [2.24, 2.45) is 0 Å². The van der Waals surface area contributed by atoms with Crippen LogP contribution in [0, 0.1) is 6.92 Å². The third kappa shape index (κ3) is 3.91. The van der Waals surface area contributed by atoms with E-state index in [9.17, 15) is 4.79 Å². The molecule has 0 saturated heterocycles. The highest BCUT2D eigenvalue weighted by molar-refractivity contribution is 8.00. The molecule has 0 unspecified atom stereocenters. The molecule has 0 spiro atoms. The molecule has 2 atom stereocenters. The molecular weight excluding hydrogens is 418 g/mol. The lowest BCUT2D eigenvalue weighted by Crippen LogP contribution is -2.41. The number of aromatic nitrogens is 3. The lowest BCUT2D eigenvalue weighted by molar-refractivity contribution is -0.116. The van der Waals surface area contributed by atoms with E-state index in [0.29, 0.717) is 10.2 Å². The highest BCUT2D eigenvalue weighted by Crippen LogP contribution is 2.38. The van der Waals surface area contributed by atoms with Gasteiger partial charge >= 0.3 is 0 Å². The number of fused-ring (bicyclic) bond motifs is 1. The monoisotopic (exact) mass is 441 g/mol. The molecule has 1 amide bonds. The number of anilines is 1. The fourth-order valence-electron chi connectivity index (χ4n) is 3.49. The number of benzene rings is 2. The second-order valence-corrected chi connectivity index (χ2v) is 8.75. The Morgan fingerprint density at radius 2 is 1.93 bits per heavy atom. The van der Waals surface area contributed by atoms with Crippen molar-refractivity contribution in [1.82, 2.24) is 14.9 Å². The first-order valence-electron chi connectivity index (χ1n) is 10.0. The largest absolute Gasteiger partial charge is 0.325 e. The molecule has 2 heterocycles. The Labute approximate surface area is 185 Å². The van der Waals surface area contributed by atoms with E-state index in [4.69, 9.17) is 11.6 Å². The summed E-state index contributed by atoms with van der Waals surface area (Å²) in [5.41, 5.74) is 7.35. The molecular formula is C22H24ClN5OS. The number of thioether (sulfide) groups is 1. The van der Waals surface area contributed by atoms with Gasteiger partial charge in [0.1, 0.15) is 5.25 Å². The summed E-state index contributed by atoms with van der Waals surface area (Å²) in [6.07, 6.45) is 1.72. The van der Waals surface area contributed by atoms with Crippen LogP contribution in [0.25, 0.3) is 0 Å². The van der Waals surface area contributed by atoms with Gasteiger partial charge in [0.05, 0.1) is 6.04 Å². The quantitative estimate of drug-likeness (QED) is 0.597. The predicted molar refractivity (Wildman–Crippen MR) is 122 cm³/mol. The third-order valence-corrected chi connectivity index (χ3v) is 6.98. The summed E-state index contributed by atoms with van der Waals surface area (Å²) in [6.45, 7) is 6.06.